The lowest BCUT2D eigenvalue weighted by molar-refractivity contribution is 0.0743. The normalized spacial score (nSPS) is 12.4. The zero-order valence-corrected chi connectivity index (χ0v) is 14.9. The summed E-state index contributed by atoms with van der Waals surface area (Å²) < 4.78 is 15.1. The van der Waals surface area contributed by atoms with Crippen LogP contribution >= 0.6 is 0 Å². The maximum absolute atomic E-state index is 13.4. The van der Waals surface area contributed by atoms with Gasteiger partial charge in [-0.3, -0.25) is 9.59 Å². The number of carbonyl (C=O) groups is 1. The molecule has 0 saturated carbocycles. The first-order valence-electron chi connectivity index (χ1n) is 8.60. The highest BCUT2D eigenvalue weighted by Gasteiger charge is 2.22. The van der Waals surface area contributed by atoms with Crippen LogP contribution in [0.25, 0.3) is 16.3 Å². The maximum Gasteiger partial charge on any atom is 0.255 e. The summed E-state index contributed by atoms with van der Waals surface area (Å²) in [5.74, 6) is -0.525. The summed E-state index contributed by atoms with van der Waals surface area (Å²) in [7, 11) is 1.72. The van der Waals surface area contributed by atoms with E-state index in [1.54, 1.807) is 47.1 Å². The van der Waals surface area contributed by atoms with Crippen LogP contribution in [0.4, 0.5) is 4.39 Å². The molecule has 0 radical (unpaired) electrons. The van der Waals surface area contributed by atoms with E-state index in [4.69, 9.17) is 0 Å². The lowest BCUT2D eigenvalue weighted by atomic mass is 10.0. The van der Waals surface area contributed by atoms with E-state index in [2.05, 4.69) is 4.98 Å². The smallest absolute Gasteiger partial charge is 0.255 e. The summed E-state index contributed by atoms with van der Waals surface area (Å²) >= 11 is 0. The molecule has 0 aliphatic heterocycles. The van der Waals surface area contributed by atoms with Gasteiger partial charge in [-0.15, -0.1) is 0 Å². The number of fused-ring (bicyclic) bond motifs is 2. The largest absolute Gasteiger partial charge is 0.335 e. The first-order valence-corrected chi connectivity index (χ1v) is 8.60. The molecule has 0 unspecified atom stereocenters. The Bertz CT molecular complexity index is 1230. The van der Waals surface area contributed by atoms with Gasteiger partial charge in [0, 0.05) is 36.5 Å². The Morgan fingerprint density at radius 3 is 2.70 bits per heavy atom. The Labute approximate surface area is 154 Å². The molecule has 136 valence electrons. The van der Waals surface area contributed by atoms with Gasteiger partial charge in [-0.05, 0) is 42.1 Å². The van der Waals surface area contributed by atoms with Gasteiger partial charge in [0.05, 0.1) is 11.6 Å². The molecule has 27 heavy (non-hydrogen) atoms. The molecule has 4 aromatic rings. The Balaban J connectivity index is 1.71. The number of aromatic amines is 1. The van der Waals surface area contributed by atoms with Gasteiger partial charge in [0.25, 0.3) is 11.5 Å². The number of benzene rings is 1. The molecule has 3 aromatic heterocycles. The van der Waals surface area contributed by atoms with E-state index in [1.807, 2.05) is 25.1 Å². The monoisotopic (exact) mass is 363 g/mol. The van der Waals surface area contributed by atoms with Gasteiger partial charge < -0.3 is 14.3 Å². The van der Waals surface area contributed by atoms with Crippen LogP contribution in [0.15, 0.2) is 65.8 Å². The Morgan fingerprint density at radius 1 is 1.19 bits per heavy atom. The van der Waals surface area contributed by atoms with Gasteiger partial charge in [0.15, 0.2) is 0 Å². The number of H-pyrrole nitrogens is 1. The number of nitrogens with one attached hydrogen (secondary N) is 1. The molecule has 6 heteroatoms. The first-order chi connectivity index (χ1) is 13.0. The highest BCUT2D eigenvalue weighted by atomic mass is 19.1. The fourth-order valence-corrected chi connectivity index (χ4v) is 3.36. The van der Waals surface area contributed by atoms with Crippen molar-refractivity contribution in [3.05, 3.63) is 88.4 Å². The Morgan fingerprint density at radius 2 is 1.93 bits per heavy atom. The number of aromatic nitrogens is 2. The molecule has 0 bridgehead atoms. The molecule has 3 heterocycles. The lowest BCUT2D eigenvalue weighted by Gasteiger charge is -2.26. The second kappa shape index (κ2) is 6.39. The van der Waals surface area contributed by atoms with Gasteiger partial charge in [-0.25, -0.2) is 4.39 Å². The highest BCUT2D eigenvalue weighted by molar-refractivity contribution is 5.96. The van der Waals surface area contributed by atoms with Gasteiger partial charge in [0.1, 0.15) is 5.82 Å². The van der Waals surface area contributed by atoms with Crippen LogP contribution in [0.2, 0.25) is 0 Å². The molecule has 1 atom stereocenters. The van der Waals surface area contributed by atoms with Crippen molar-refractivity contribution in [2.24, 2.45) is 0 Å². The average molecular weight is 363 g/mol. The molecule has 5 nitrogen and oxygen atoms in total. The fraction of sp³-hybridized carbons (Fsp3) is 0.143. The summed E-state index contributed by atoms with van der Waals surface area (Å²) in [5, 5.41) is 1.41. The summed E-state index contributed by atoms with van der Waals surface area (Å²) in [6.07, 6.45) is 4.93. The predicted molar refractivity (Wildman–Crippen MR) is 102 cm³/mol. The number of carbonyl (C=O) groups excluding carboxylic acids is 1. The minimum absolute atomic E-state index is 0.156. The van der Waals surface area contributed by atoms with E-state index < -0.39 is 0 Å². The third-order valence-electron chi connectivity index (χ3n) is 5.00. The molecule has 1 N–H and O–H groups in total. The third kappa shape index (κ3) is 2.89. The zero-order valence-electron chi connectivity index (χ0n) is 14.9. The van der Waals surface area contributed by atoms with E-state index in [0.717, 1.165) is 10.9 Å². The average Bonchev–Trinajstić information content (AvgIpc) is 3.10. The molecule has 0 spiro atoms. The molecule has 0 saturated heterocycles. The van der Waals surface area contributed by atoms with Crippen molar-refractivity contribution in [2.75, 3.05) is 7.05 Å². The predicted octanol–water partition coefficient (Wildman–Crippen LogP) is 3.75. The van der Waals surface area contributed by atoms with Crippen LogP contribution in [0, 0.1) is 5.82 Å². The van der Waals surface area contributed by atoms with Crippen LogP contribution in [0.1, 0.15) is 28.9 Å². The fourth-order valence-electron chi connectivity index (χ4n) is 3.36. The maximum atomic E-state index is 13.4. The van der Waals surface area contributed by atoms with Crippen molar-refractivity contribution in [3.63, 3.8) is 0 Å². The van der Waals surface area contributed by atoms with Crippen molar-refractivity contribution in [3.8, 4) is 0 Å². The first kappa shape index (κ1) is 17.0. The van der Waals surface area contributed by atoms with Crippen molar-refractivity contribution >= 4 is 22.2 Å². The quantitative estimate of drug-likeness (QED) is 0.603. The van der Waals surface area contributed by atoms with Crippen molar-refractivity contribution in [1.29, 1.82) is 0 Å². The number of rotatable bonds is 3. The Hall–Kier alpha value is -3.41. The van der Waals surface area contributed by atoms with Gasteiger partial charge >= 0.3 is 0 Å². The zero-order chi connectivity index (χ0) is 19.1. The number of amides is 1. The lowest BCUT2D eigenvalue weighted by Crippen LogP contribution is -2.30. The van der Waals surface area contributed by atoms with E-state index in [9.17, 15) is 14.0 Å². The molecular formula is C21H18FN3O2. The van der Waals surface area contributed by atoms with Crippen LogP contribution in [-0.4, -0.2) is 27.2 Å². The number of hydrogen-bond acceptors (Lipinski definition) is 2. The number of nitrogens with zero attached hydrogens (tertiary/aromatic N) is 2. The van der Waals surface area contributed by atoms with E-state index >= 15 is 0 Å². The topological polar surface area (TPSA) is 57.6 Å². The number of pyridine rings is 2. The molecular weight excluding hydrogens is 345 g/mol. The van der Waals surface area contributed by atoms with E-state index in [-0.39, 0.29) is 23.3 Å². The van der Waals surface area contributed by atoms with Gasteiger partial charge in [-0.1, -0.05) is 18.2 Å². The van der Waals surface area contributed by atoms with Crippen LogP contribution in [-0.2, 0) is 0 Å². The van der Waals surface area contributed by atoms with Crippen molar-refractivity contribution < 1.29 is 9.18 Å². The van der Waals surface area contributed by atoms with Gasteiger partial charge in [-0.2, -0.15) is 0 Å². The van der Waals surface area contributed by atoms with E-state index in [1.165, 1.54) is 12.1 Å². The molecule has 1 amide bonds. The summed E-state index contributed by atoms with van der Waals surface area (Å²) in [6.45, 7) is 1.91. The van der Waals surface area contributed by atoms with E-state index in [0.29, 0.717) is 16.5 Å². The SMILES string of the molecule is C[C@H](c1c[nH]c(=O)c2ccccc12)N(C)C(=O)c1cc2cc(F)ccn2c1. The minimum Gasteiger partial charge on any atom is -0.335 e. The molecule has 0 aliphatic carbocycles. The minimum atomic E-state index is -0.346. The second-order valence-electron chi connectivity index (χ2n) is 6.62. The van der Waals surface area contributed by atoms with Crippen LogP contribution in [0.5, 0.6) is 0 Å². The van der Waals surface area contributed by atoms with Crippen molar-refractivity contribution in [1.82, 2.24) is 14.3 Å². The summed E-state index contributed by atoms with van der Waals surface area (Å²) in [4.78, 5) is 29.4. The number of hydrogen-bond donors (Lipinski definition) is 1. The molecule has 1 aromatic carbocycles. The standard InChI is InChI=1S/C21H18FN3O2/c1-13(19-11-23-20(26)18-6-4-3-5-17(18)19)24(2)21(27)14-9-16-10-15(22)7-8-25(16)12-14/h3-13H,1-2H3,(H,23,26)/t13-/m1/s1. The molecule has 0 fully saturated rings. The number of halogens is 1. The molecule has 0 aliphatic rings. The van der Waals surface area contributed by atoms with Gasteiger partial charge in [0.2, 0.25) is 0 Å². The summed E-state index contributed by atoms with van der Waals surface area (Å²) in [6, 6.07) is 11.5. The van der Waals surface area contributed by atoms with Crippen molar-refractivity contribution in [2.45, 2.75) is 13.0 Å². The Kier molecular flexibility index (Phi) is 4.03. The summed E-state index contributed by atoms with van der Waals surface area (Å²) in [5.41, 5.74) is 1.80. The van der Waals surface area contributed by atoms with Crippen LogP contribution < -0.4 is 5.56 Å². The third-order valence-corrected chi connectivity index (χ3v) is 5.00. The molecule has 4 rings (SSSR count). The second-order valence-corrected chi connectivity index (χ2v) is 6.62. The van der Waals surface area contributed by atoms with Crippen LogP contribution in [0.3, 0.4) is 0 Å². The highest BCUT2D eigenvalue weighted by Crippen LogP contribution is 2.26.